The Labute approximate surface area is 95.4 Å². The molecule has 82 valence electrons. The van der Waals surface area contributed by atoms with Crippen molar-refractivity contribution in [3.05, 3.63) is 55.1 Å². The molecular weight excluding hydrogens is 196 g/mol. The number of benzene rings is 1. The van der Waals surface area contributed by atoms with Crippen molar-refractivity contribution in [3.63, 3.8) is 0 Å². The van der Waals surface area contributed by atoms with Crippen molar-refractivity contribution in [3.8, 4) is 0 Å². The molecule has 15 heavy (non-hydrogen) atoms. The molecule has 0 saturated heterocycles. The molecule has 0 bridgehead atoms. The van der Waals surface area contributed by atoms with Gasteiger partial charge in [-0.05, 0) is 11.6 Å². The molecule has 0 aliphatic heterocycles. The van der Waals surface area contributed by atoms with Crippen molar-refractivity contribution in [1.29, 1.82) is 0 Å². The summed E-state index contributed by atoms with van der Waals surface area (Å²) in [7, 11) is -0.775. The highest BCUT2D eigenvalue weighted by Gasteiger charge is 2.08. The Kier molecular flexibility index (Phi) is 6.72. The summed E-state index contributed by atoms with van der Waals surface area (Å²) < 4.78 is 0. The van der Waals surface area contributed by atoms with Gasteiger partial charge in [0, 0.05) is 8.07 Å². The Bertz CT molecular complexity index is 280. The largest absolute Gasteiger partial charge is 0.103 e. The average Bonchev–Trinajstić information content (AvgIpc) is 2.18. The zero-order chi connectivity index (χ0) is 11.7. The zero-order valence-corrected chi connectivity index (χ0v) is 11.2. The van der Waals surface area contributed by atoms with Crippen LogP contribution in [0.3, 0.4) is 0 Å². The lowest BCUT2D eigenvalue weighted by atomic mass is 10.2. The van der Waals surface area contributed by atoms with Crippen LogP contribution in [0.2, 0.25) is 25.7 Å². The number of allylic oxidation sites excluding steroid dienone is 1. The van der Waals surface area contributed by atoms with Gasteiger partial charge in [0.1, 0.15) is 0 Å². The van der Waals surface area contributed by atoms with Gasteiger partial charge >= 0.3 is 0 Å². The van der Waals surface area contributed by atoms with Crippen molar-refractivity contribution in [2.24, 2.45) is 0 Å². The van der Waals surface area contributed by atoms with Gasteiger partial charge in [0.2, 0.25) is 0 Å². The molecule has 0 saturated carbocycles. The van der Waals surface area contributed by atoms with Crippen molar-refractivity contribution in [2.75, 3.05) is 0 Å². The molecule has 0 aromatic heterocycles. The van der Waals surface area contributed by atoms with Crippen molar-refractivity contribution < 1.29 is 0 Å². The van der Waals surface area contributed by atoms with E-state index in [0.717, 1.165) is 0 Å². The number of hydrogen-bond acceptors (Lipinski definition) is 0. The van der Waals surface area contributed by atoms with E-state index in [1.807, 2.05) is 42.5 Å². The van der Waals surface area contributed by atoms with Gasteiger partial charge < -0.3 is 0 Å². The van der Waals surface area contributed by atoms with Crippen LogP contribution in [-0.2, 0) is 0 Å². The molecule has 0 fully saturated rings. The fraction of sp³-hybridized carbons (Fsp3) is 0.286. The molecule has 1 aromatic rings. The molecule has 0 atom stereocenters. The smallest absolute Gasteiger partial charge is 0.0480 e. The Morgan fingerprint density at radius 2 is 1.60 bits per heavy atom. The first-order valence-corrected chi connectivity index (χ1v) is 8.98. The molecule has 0 aliphatic rings. The number of hydrogen-bond donors (Lipinski definition) is 0. The van der Waals surface area contributed by atoms with Gasteiger partial charge in [0.15, 0.2) is 0 Å². The van der Waals surface area contributed by atoms with E-state index in [-0.39, 0.29) is 0 Å². The maximum absolute atomic E-state index is 3.68. The van der Waals surface area contributed by atoms with E-state index < -0.39 is 8.07 Å². The monoisotopic (exact) mass is 218 g/mol. The van der Waals surface area contributed by atoms with E-state index in [9.17, 15) is 0 Å². The molecule has 0 unspecified atom stereocenters. The summed E-state index contributed by atoms with van der Waals surface area (Å²) in [4.78, 5) is 0. The molecule has 1 rings (SSSR count). The molecule has 0 amide bonds. The van der Waals surface area contributed by atoms with E-state index in [0.29, 0.717) is 0 Å². The summed E-state index contributed by atoms with van der Waals surface area (Å²) in [6.07, 6.45) is 3.85. The van der Waals surface area contributed by atoms with E-state index in [1.54, 1.807) is 0 Å². The van der Waals surface area contributed by atoms with E-state index in [1.165, 1.54) is 11.6 Å². The highest BCUT2D eigenvalue weighted by Crippen LogP contribution is 2.06. The van der Waals surface area contributed by atoms with Gasteiger partial charge in [-0.25, -0.2) is 0 Å². The second-order valence-corrected chi connectivity index (χ2v) is 10.2. The molecule has 0 radical (unpaired) electrons. The molecule has 1 aromatic carbocycles. The standard InChI is InChI=1S/C8H8.C6H14Si/c1-2-8-6-4-3-5-7-8;1-5-6-7(2,3)4/h2-7H,1H2;5H,1,6H2,2-4H3. The van der Waals surface area contributed by atoms with Gasteiger partial charge in [-0.1, -0.05) is 68.7 Å². The first-order chi connectivity index (χ1) is 6.99. The highest BCUT2D eigenvalue weighted by molar-refractivity contribution is 6.76. The average molecular weight is 218 g/mol. The molecule has 0 spiro atoms. The van der Waals surface area contributed by atoms with E-state index in [4.69, 9.17) is 0 Å². The van der Waals surface area contributed by atoms with Crippen molar-refractivity contribution in [1.82, 2.24) is 0 Å². The minimum absolute atomic E-state index is 0.775. The minimum Gasteiger partial charge on any atom is -0.103 e. The lowest BCUT2D eigenvalue weighted by Crippen LogP contribution is -2.16. The summed E-state index contributed by atoms with van der Waals surface area (Å²) in [6.45, 7) is 14.3. The van der Waals surface area contributed by atoms with Gasteiger partial charge in [0.05, 0.1) is 0 Å². The van der Waals surface area contributed by atoms with Gasteiger partial charge in [-0.2, -0.15) is 0 Å². The van der Waals surface area contributed by atoms with Crippen LogP contribution in [0.4, 0.5) is 0 Å². The van der Waals surface area contributed by atoms with Crippen LogP contribution in [0.1, 0.15) is 5.56 Å². The predicted molar refractivity (Wildman–Crippen MR) is 74.9 cm³/mol. The molecular formula is C14H22Si. The van der Waals surface area contributed by atoms with Crippen LogP contribution >= 0.6 is 0 Å². The third-order valence-corrected chi connectivity index (χ3v) is 3.31. The second kappa shape index (κ2) is 7.24. The molecule has 1 heteroatoms. The van der Waals surface area contributed by atoms with Crippen LogP contribution in [0.15, 0.2) is 49.6 Å². The van der Waals surface area contributed by atoms with Crippen LogP contribution in [0.25, 0.3) is 6.08 Å². The predicted octanol–water partition coefficient (Wildman–Crippen LogP) is 4.84. The second-order valence-electron chi connectivity index (χ2n) is 4.67. The van der Waals surface area contributed by atoms with Gasteiger partial charge in [0.25, 0.3) is 0 Å². The Hall–Kier alpha value is -1.08. The SMILES string of the molecule is C=CC[Si](C)(C)C.C=Cc1ccccc1. The van der Waals surface area contributed by atoms with E-state index >= 15 is 0 Å². The lowest BCUT2D eigenvalue weighted by molar-refractivity contribution is 1.52. The molecule has 0 N–H and O–H groups in total. The Balaban J connectivity index is 0.000000265. The fourth-order valence-corrected chi connectivity index (χ4v) is 1.89. The van der Waals surface area contributed by atoms with Crippen LogP contribution < -0.4 is 0 Å². The topological polar surface area (TPSA) is 0 Å². The van der Waals surface area contributed by atoms with E-state index in [2.05, 4.69) is 32.8 Å². The Morgan fingerprint density at radius 3 is 1.80 bits per heavy atom. The van der Waals surface area contributed by atoms with Gasteiger partial charge in [-0.15, -0.1) is 6.58 Å². The Morgan fingerprint density at radius 1 is 1.07 bits per heavy atom. The maximum Gasteiger partial charge on any atom is 0.0480 e. The van der Waals surface area contributed by atoms with Crippen molar-refractivity contribution in [2.45, 2.75) is 25.7 Å². The first kappa shape index (κ1) is 13.9. The first-order valence-electron chi connectivity index (χ1n) is 5.28. The zero-order valence-electron chi connectivity index (χ0n) is 10.2. The summed E-state index contributed by atoms with van der Waals surface area (Å²) in [6, 6.07) is 11.3. The summed E-state index contributed by atoms with van der Waals surface area (Å²) in [5.74, 6) is 0. The summed E-state index contributed by atoms with van der Waals surface area (Å²) >= 11 is 0. The molecule has 0 nitrogen and oxygen atoms in total. The lowest BCUT2D eigenvalue weighted by Gasteiger charge is -2.10. The third-order valence-electron chi connectivity index (χ3n) is 1.79. The fourth-order valence-electron chi connectivity index (χ4n) is 1.02. The normalized spacial score (nSPS) is 9.80. The van der Waals surface area contributed by atoms with Gasteiger partial charge in [-0.3, -0.25) is 0 Å². The quantitative estimate of drug-likeness (QED) is 0.503. The maximum atomic E-state index is 3.68. The van der Waals surface area contributed by atoms with Crippen molar-refractivity contribution >= 4 is 14.1 Å². The summed E-state index contributed by atoms with van der Waals surface area (Å²) in [5, 5.41) is 0. The molecule has 0 heterocycles. The highest BCUT2D eigenvalue weighted by atomic mass is 28.3. The summed E-state index contributed by atoms with van der Waals surface area (Å²) in [5.41, 5.74) is 1.17. The number of rotatable bonds is 3. The van der Waals surface area contributed by atoms with Crippen LogP contribution in [0, 0.1) is 0 Å². The molecule has 0 aliphatic carbocycles. The minimum atomic E-state index is -0.775. The van der Waals surface area contributed by atoms with Crippen LogP contribution in [-0.4, -0.2) is 8.07 Å². The van der Waals surface area contributed by atoms with Crippen LogP contribution in [0.5, 0.6) is 0 Å². The third kappa shape index (κ3) is 9.23.